The van der Waals surface area contributed by atoms with Gasteiger partial charge in [-0.05, 0) is 58.7 Å². The van der Waals surface area contributed by atoms with E-state index in [0.29, 0.717) is 0 Å². The van der Waals surface area contributed by atoms with Crippen LogP contribution in [0.2, 0.25) is 0 Å². The average Bonchev–Trinajstić information content (AvgIpc) is 2.29. The Morgan fingerprint density at radius 1 is 1.33 bits per heavy atom. The number of halogens is 1. The van der Waals surface area contributed by atoms with Gasteiger partial charge in [0.05, 0.1) is 2.88 Å². The SMILES string of the molecule is Cc1cc(S)cc2sc(I)cc12. The van der Waals surface area contributed by atoms with E-state index < -0.39 is 0 Å². The molecule has 0 nitrogen and oxygen atoms in total. The number of hydrogen-bond donors (Lipinski definition) is 1. The maximum absolute atomic E-state index is 4.34. The topological polar surface area (TPSA) is 0 Å². The largest absolute Gasteiger partial charge is 0.143 e. The maximum atomic E-state index is 4.34. The number of hydrogen-bond acceptors (Lipinski definition) is 2. The summed E-state index contributed by atoms with van der Waals surface area (Å²) in [6.07, 6.45) is 0. The van der Waals surface area contributed by atoms with E-state index in [-0.39, 0.29) is 0 Å². The summed E-state index contributed by atoms with van der Waals surface area (Å²) in [6.45, 7) is 2.13. The van der Waals surface area contributed by atoms with Crippen LogP contribution in [0.4, 0.5) is 0 Å². The second-order valence-corrected chi connectivity index (χ2v) is 6.22. The van der Waals surface area contributed by atoms with Crippen LogP contribution in [0.3, 0.4) is 0 Å². The first kappa shape index (κ1) is 8.84. The van der Waals surface area contributed by atoms with Gasteiger partial charge in [0.1, 0.15) is 0 Å². The summed E-state index contributed by atoms with van der Waals surface area (Å²) in [5, 5.41) is 1.36. The highest BCUT2D eigenvalue weighted by atomic mass is 127. The van der Waals surface area contributed by atoms with Gasteiger partial charge in [-0.25, -0.2) is 0 Å². The monoisotopic (exact) mass is 306 g/mol. The Balaban J connectivity index is 2.88. The molecule has 0 aliphatic heterocycles. The number of benzene rings is 1. The van der Waals surface area contributed by atoms with Crippen molar-refractivity contribution in [3.8, 4) is 0 Å². The lowest BCUT2D eigenvalue weighted by Gasteiger charge is -1.96. The lowest BCUT2D eigenvalue weighted by Crippen LogP contribution is -1.72. The molecule has 0 spiro atoms. The van der Waals surface area contributed by atoms with E-state index in [9.17, 15) is 0 Å². The van der Waals surface area contributed by atoms with Gasteiger partial charge in [-0.3, -0.25) is 0 Å². The van der Waals surface area contributed by atoms with Gasteiger partial charge in [-0.15, -0.1) is 24.0 Å². The molecular formula is C9H7IS2. The van der Waals surface area contributed by atoms with Crippen molar-refractivity contribution in [2.45, 2.75) is 11.8 Å². The van der Waals surface area contributed by atoms with Gasteiger partial charge in [0.15, 0.2) is 0 Å². The third-order valence-corrected chi connectivity index (χ3v) is 3.90. The highest BCUT2D eigenvalue weighted by Crippen LogP contribution is 2.31. The van der Waals surface area contributed by atoms with Gasteiger partial charge < -0.3 is 0 Å². The van der Waals surface area contributed by atoms with Crippen LogP contribution in [0.15, 0.2) is 23.1 Å². The van der Waals surface area contributed by atoms with Gasteiger partial charge in [0, 0.05) is 9.60 Å². The van der Waals surface area contributed by atoms with Crippen molar-refractivity contribution in [3.63, 3.8) is 0 Å². The van der Waals surface area contributed by atoms with Crippen LogP contribution >= 0.6 is 46.6 Å². The molecule has 0 unspecified atom stereocenters. The molecule has 0 aliphatic rings. The van der Waals surface area contributed by atoms with Crippen molar-refractivity contribution in [3.05, 3.63) is 26.6 Å². The predicted octanol–water partition coefficient (Wildman–Crippen LogP) is 4.10. The molecule has 0 aliphatic carbocycles. The molecule has 0 amide bonds. The Labute approximate surface area is 94.5 Å². The van der Waals surface area contributed by atoms with E-state index in [4.69, 9.17) is 0 Å². The van der Waals surface area contributed by atoms with Crippen LogP contribution in [0, 0.1) is 9.81 Å². The second kappa shape index (κ2) is 3.20. The maximum Gasteiger partial charge on any atom is 0.0666 e. The third-order valence-electron chi connectivity index (χ3n) is 1.80. The molecule has 1 aromatic carbocycles. The molecule has 0 radical (unpaired) electrons. The number of thiophene rings is 1. The van der Waals surface area contributed by atoms with Crippen LogP contribution in [0.1, 0.15) is 5.56 Å². The highest BCUT2D eigenvalue weighted by molar-refractivity contribution is 14.1. The molecule has 0 atom stereocenters. The molecule has 3 heteroatoms. The van der Waals surface area contributed by atoms with E-state index in [0.717, 1.165) is 4.90 Å². The number of rotatable bonds is 0. The van der Waals surface area contributed by atoms with Crippen LogP contribution in [-0.2, 0) is 0 Å². The normalized spacial score (nSPS) is 10.9. The summed E-state index contributed by atoms with van der Waals surface area (Å²) in [5.41, 5.74) is 1.32. The van der Waals surface area contributed by atoms with Gasteiger partial charge in [0.25, 0.3) is 0 Å². The first-order chi connectivity index (χ1) is 5.66. The molecule has 0 saturated heterocycles. The van der Waals surface area contributed by atoms with Crippen LogP contribution in [0.25, 0.3) is 10.1 Å². The molecule has 0 saturated carbocycles. The highest BCUT2D eigenvalue weighted by Gasteiger charge is 2.02. The first-order valence-electron chi connectivity index (χ1n) is 3.55. The number of thiol groups is 1. The Bertz CT molecular complexity index is 431. The van der Waals surface area contributed by atoms with E-state index >= 15 is 0 Å². The third kappa shape index (κ3) is 1.49. The minimum atomic E-state index is 1.05. The van der Waals surface area contributed by atoms with E-state index in [1.807, 2.05) is 11.3 Å². The molecular weight excluding hydrogens is 299 g/mol. The molecule has 2 aromatic rings. The van der Waals surface area contributed by atoms with Gasteiger partial charge in [0.2, 0.25) is 0 Å². The molecule has 0 bridgehead atoms. The summed E-state index contributed by atoms with van der Waals surface area (Å²) >= 11 is 8.52. The van der Waals surface area contributed by atoms with Crippen molar-refractivity contribution in [1.82, 2.24) is 0 Å². The molecule has 0 fully saturated rings. The summed E-state index contributed by atoms with van der Waals surface area (Å²) in [5.74, 6) is 0. The average molecular weight is 306 g/mol. The molecule has 62 valence electrons. The zero-order valence-corrected chi connectivity index (χ0v) is 10.3. The Morgan fingerprint density at radius 2 is 2.08 bits per heavy atom. The van der Waals surface area contributed by atoms with Crippen LogP contribution < -0.4 is 0 Å². The summed E-state index contributed by atoms with van der Waals surface area (Å²) in [6, 6.07) is 6.45. The summed E-state index contributed by atoms with van der Waals surface area (Å²) < 4.78 is 2.68. The zero-order chi connectivity index (χ0) is 8.72. The van der Waals surface area contributed by atoms with Crippen LogP contribution in [-0.4, -0.2) is 0 Å². The molecule has 0 N–H and O–H groups in total. The van der Waals surface area contributed by atoms with E-state index in [1.54, 1.807) is 0 Å². The fraction of sp³-hybridized carbons (Fsp3) is 0.111. The summed E-state index contributed by atoms with van der Waals surface area (Å²) in [4.78, 5) is 1.05. The first-order valence-corrected chi connectivity index (χ1v) is 5.90. The standard InChI is InChI=1S/C9H7IS2/c1-5-2-6(11)3-8-7(5)4-9(10)12-8/h2-4,11H,1H3. The quantitative estimate of drug-likeness (QED) is 0.550. The zero-order valence-electron chi connectivity index (χ0n) is 6.47. The Morgan fingerprint density at radius 3 is 2.83 bits per heavy atom. The van der Waals surface area contributed by atoms with Gasteiger partial charge >= 0.3 is 0 Å². The van der Waals surface area contributed by atoms with Crippen molar-refractivity contribution >= 4 is 56.6 Å². The second-order valence-electron chi connectivity index (χ2n) is 2.72. The Hall–Kier alpha value is 0.260. The predicted molar refractivity (Wildman–Crippen MR) is 66.5 cm³/mol. The molecule has 1 aromatic heterocycles. The van der Waals surface area contributed by atoms with Crippen molar-refractivity contribution in [2.75, 3.05) is 0 Å². The fourth-order valence-electron chi connectivity index (χ4n) is 1.27. The van der Waals surface area contributed by atoms with Crippen molar-refractivity contribution < 1.29 is 0 Å². The molecule has 2 rings (SSSR count). The summed E-state index contributed by atoms with van der Waals surface area (Å²) in [7, 11) is 0. The van der Waals surface area contributed by atoms with Crippen molar-refractivity contribution in [2.24, 2.45) is 0 Å². The minimum absolute atomic E-state index is 1.05. The van der Waals surface area contributed by atoms with Crippen LogP contribution in [0.5, 0.6) is 0 Å². The van der Waals surface area contributed by atoms with E-state index in [1.165, 1.54) is 18.5 Å². The number of fused-ring (bicyclic) bond motifs is 1. The number of aryl methyl sites for hydroxylation is 1. The smallest absolute Gasteiger partial charge is 0.0666 e. The van der Waals surface area contributed by atoms with E-state index in [2.05, 4.69) is 60.3 Å². The van der Waals surface area contributed by atoms with Gasteiger partial charge in [-0.2, -0.15) is 0 Å². The van der Waals surface area contributed by atoms with Crippen molar-refractivity contribution in [1.29, 1.82) is 0 Å². The molecule has 1 heterocycles. The lowest BCUT2D eigenvalue weighted by atomic mass is 10.2. The fourth-order valence-corrected chi connectivity index (χ4v) is 3.60. The van der Waals surface area contributed by atoms with Gasteiger partial charge in [-0.1, -0.05) is 0 Å². The minimum Gasteiger partial charge on any atom is -0.143 e. The lowest BCUT2D eigenvalue weighted by molar-refractivity contribution is 1.43. The Kier molecular flexibility index (Phi) is 2.35. The molecule has 12 heavy (non-hydrogen) atoms.